The Labute approximate surface area is 87.5 Å². The monoisotopic (exact) mass is 212 g/mol. The molecule has 0 aromatic heterocycles. The molecule has 0 spiro atoms. The number of hydrogen-bond acceptors (Lipinski definition) is 2. The Morgan fingerprint density at radius 3 is 2.29 bits per heavy atom. The van der Waals surface area contributed by atoms with Gasteiger partial charge in [-0.25, -0.2) is 0 Å². The highest BCUT2D eigenvalue weighted by Crippen LogP contribution is 2.28. The predicted molar refractivity (Wildman–Crippen MR) is 60.6 cm³/mol. The van der Waals surface area contributed by atoms with E-state index in [4.69, 9.17) is 4.43 Å². The Morgan fingerprint density at radius 1 is 1.21 bits per heavy atom. The lowest BCUT2D eigenvalue weighted by atomic mass is 9.95. The molecule has 0 amide bonds. The van der Waals surface area contributed by atoms with Crippen LogP contribution in [0.15, 0.2) is 11.3 Å². The third-order valence-corrected chi connectivity index (χ3v) is 3.13. The Hall–Kier alpha value is -0.573. The highest BCUT2D eigenvalue weighted by Gasteiger charge is 2.23. The van der Waals surface area contributed by atoms with Gasteiger partial charge in [-0.1, -0.05) is 0 Å². The number of hydrogen-bond donors (Lipinski definition) is 0. The van der Waals surface area contributed by atoms with E-state index in [-0.39, 0.29) is 5.78 Å². The maximum Gasteiger partial charge on any atom is 0.241 e. The van der Waals surface area contributed by atoms with Crippen molar-refractivity contribution in [3.8, 4) is 0 Å². The minimum absolute atomic E-state index is 0.193. The molecule has 0 aromatic rings. The lowest BCUT2D eigenvalue weighted by molar-refractivity contribution is -0.114. The molecule has 2 nitrogen and oxygen atoms in total. The van der Waals surface area contributed by atoms with Crippen LogP contribution in [0.2, 0.25) is 19.6 Å². The average Bonchev–Trinajstić information content (AvgIpc) is 2.01. The summed E-state index contributed by atoms with van der Waals surface area (Å²) in [6.07, 6.45) is 4.17. The summed E-state index contributed by atoms with van der Waals surface area (Å²) in [5.74, 6) is 1.18. The molecule has 1 rings (SSSR count). The van der Waals surface area contributed by atoms with E-state index in [2.05, 4.69) is 19.6 Å². The fourth-order valence-corrected chi connectivity index (χ4v) is 2.70. The van der Waals surface area contributed by atoms with Crippen molar-refractivity contribution >= 4 is 14.1 Å². The Morgan fingerprint density at radius 2 is 1.79 bits per heavy atom. The first-order valence-electron chi connectivity index (χ1n) is 5.32. The second-order valence-electron chi connectivity index (χ2n) is 4.88. The van der Waals surface area contributed by atoms with E-state index in [0.29, 0.717) is 0 Å². The van der Waals surface area contributed by atoms with E-state index < -0.39 is 8.32 Å². The van der Waals surface area contributed by atoms with E-state index in [9.17, 15) is 4.79 Å². The van der Waals surface area contributed by atoms with Crippen LogP contribution in [0.25, 0.3) is 0 Å². The molecule has 0 fully saturated rings. The highest BCUT2D eigenvalue weighted by molar-refractivity contribution is 6.70. The van der Waals surface area contributed by atoms with Crippen molar-refractivity contribution in [1.29, 1.82) is 0 Å². The third kappa shape index (κ3) is 3.29. The largest absolute Gasteiger partial charge is 0.547 e. The SMILES string of the molecule is CC(=O)C1=C(O[Si](C)(C)C)CCCC1. The average molecular weight is 212 g/mol. The molecule has 0 atom stereocenters. The number of Topliss-reactive ketones (excluding diaryl/α,β-unsaturated/α-hetero) is 1. The van der Waals surface area contributed by atoms with Gasteiger partial charge in [-0.05, 0) is 45.8 Å². The van der Waals surface area contributed by atoms with E-state index in [1.54, 1.807) is 6.92 Å². The van der Waals surface area contributed by atoms with Gasteiger partial charge in [-0.3, -0.25) is 4.79 Å². The standard InChI is InChI=1S/C11H20O2Si/c1-9(12)10-7-5-6-8-11(10)13-14(2,3)4/h5-8H2,1-4H3. The van der Waals surface area contributed by atoms with Gasteiger partial charge >= 0.3 is 0 Å². The third-order valence-electron chi connectivity index (χ3n) is 2.27. The maximum atomic E-state index is 11.4. The van der Waals surface area contributed by atoms with Gasteiger partial charge in [-0.2, -0.15) is 0 Å². The van der Waals surface area contributed by atoms with Crippen LogP contribution < -0.4 is 0 Å². The number of carbonyl (C=O) groups excluding carboxylic acids is 1. The Balaban J connectivity index is 2.84. The summed E-state index contributed by atoms with van der Waals surface area (Å²) >= 11 is 0. The predicted octanol–water partition coefficient (Wildman–Crippen LogP) is 3.26. The second-order valence-corrected chi connectivity index (χ2v) is 9.31. The van der Waals surface area contributed by atoms with Gasteiger partial charge < -0.3 is 4.43 Å². The zero-order valence-corrected chi connectivity index (χ0v) is 10.6. The van der Waals surface area contributed by atoms with Gasteiger partial charge in [0.2, 0.25) is 8.32 Å². The molecule has 0 unspecified atom stereocenters. The van der Waals surface area contributed by atoms with E-state index in [1.807, 2.05) is 0 Å². The summed E-state index contributed by atoms with van der Waals surface area (Å²) in [7, 11) is -1.54. The fourth-order valence-electron chi connectivity index (χ4n) is 1.73. The molecular weight excluding hydrogens is 192 g/mol. The van der Waals surface area contributed by atoms with E-state index >= 15 is 0 Å². The molecule has 0 saturated carbocycles. The molecule has 0 radical (unpaired) electrons. The van der Waals surface area contributed by atoms with Crippen LogP contribution >= 0.6 is 0 Å². The summed E-state index contributed by atoms with van der Waals surface area (Å²) in [5, 5.41) is 0. The quantitative estimate of drug-likeness (QED) is 0.671. The first-order valence-corrected chi connectivity index (χ1v) is 8.73. The number of rotatable bonds is 3. The highest BCUT2D eigenvalue weighted by atomic mass is 28.4. The molecule has 1 aliphatic rings. The Kier molecular flexibility index (Phi) is 3.53. The topological polar surface area (TPSA) is 26.3 Å². The minimum atomic E-state index is -1.54. The van der Waals surface area contributed by atoms with E-state index in [0.717, 1.165) is 37.0 Å². The van der Waals surface area contributed by atoms with Gasteiger partial charge in [-0.15, -0.1) is 0 Å². The fraction of sp³-hybridized carbons (Fsp3) is 0.727. The molecule has 0 aliphatic heterocycles. The molecule has 0 bridgehead atoms. The van der Waals surface area contributed by atoms with Gasteiger partial charge in [0.15, 0.2) is 5.78 Å². The smallest absolute Gasteiger partial charge is 0.241 e. The van der Waals surface area contributed by atoms with Crippen LogP contribution in [0.3, 0.4) is 0 Å². The van der Waals surface area contributed by atoms with Gasteiger partial charge in [0.25, 0.3) is 0 Å². The zero-order valence-electron chi connectivity index (χ0n) is 9.64. The second kappa shape index (κ2) is 4.30. The van der Waals surface area contributed by atoms with Gasteiger partial charge in [0.05, 0.1) is 5.76 Å². The van der Waals surface area contributed by atoms with E-state index in [1.165, 1.54) is 0 Å². The lowest BCUT2D eigenvalue weighted by Gasteiger charge is -2.26. The van der Waals surface area contributed by atoms with Crippen LogP contribution in [0.4, 0.5) is 0 Å². The van der Waals surface area contributed by atoms with Crippen LogP contribution in [0.1, 0.15) is 32.6 Å². The summed E-state index contributed by atoms with van der Waals surface area (Å²) < 4.78 is 5.95. The molecule has 1 aliphatic carbocycles. The molecule has 14 heavy (non-hydrogen) atoms. The van der Waals surface area contributed by atoms with Crippen molar-refractivity contribution in [2.45, 2.75) is 52.2 Å². The van der Waals surface area contributed by atoms with Crippen molar-refractivity contribution in [1.82, 2.24) is 0 Å². The van der Waals surface area contributed by atoms with Crippen LogP contribution in [-0.4, -0.2) is 14.1 Å². The summed E-state index contributed by atoms with van der Waals surface area (Å²) in [4.78, 5) is 11.4. The summed E-state index contributed by atoms with van der Waals surface area (Å²) in [6.45, 7) is 8.12. The van der Waals surface area contributed by atoms with Crippen molar-refractivity contribution in [2.75, 3.05) is 0 Å². The zero-order chi connectivity index (χ0) is 10.8. The van der Waals surface area contributed by atoms with Crippen LogP contribution in [0.5, 0.6) is 0 Å². The summed E-state index contributed by atoms with van der Waals surface area (Å²) in [5.41, 5.74) is 0.943. The van der Waals surface area contributed by atoms with Crippen molar-refractivity contribution in [2.24, 2.45) is 0 Å². The molecule has 0 aromatic carbocycles. The maximum absolute atomic E-state index is 11.4. The first kappa shape index (κ1) is 11.5. The molecule has 0 N–H and O–H groups in total. The number of carbonyl (C=O) groups is 1. The Bertz CT molecular complexity index is 261. The first-order chi connectivity index (χ1) is 6.40. The van der Waals surface area contributed by atoms with Gasteiger partial charge in [0.1, 0.15) is 0 Å². The van der Waals surface area contributed by atoms with Crippen molar-refractivity contribution in [3.05, 3.63) is 11.3 Å². The van der Waals surface area contributed by atoms with Crippen molar-refractivity contribution in [3.63, 3.8) is 0 Å². The number of ketones is 1. The van der Waals surface area contributed by atoms with Crippen LogP contribution in [-0.2, 0) is 9.22 Å². The molecule has 0 saturated heterocycles. The minimum Gasteiger partial charge on any atom is -0.547 e. The molecular formula is C11H20O2Si. The van der Waals surface area contributed by atoms with Gasteiger partial charge in [0, 0.05) is 12.0 Å². The lowest BCUT2D eigenvalue weighted by Crippen LogP contribution is -2.27. The molecule has 3 heteroatoms. The summed E-state index contributed by atoms with van der Waals surface area (Å²) in [6, 6.07) is 0. The molecule has 80 valence electrons. The van der Waals surface area contributed by atoms with Crippen LogP contribution in [0, 0.1) is 0 Å². The normalized spacial score (nSPS) is 18.3. The number of allylic oxidation sites excluding steroid dienone is 2. The van der Waals surface area contributed by atoms with Crippen molar-refractivity contribution < 1.29 is 9.22 Å². The molecule has 0 heterocycles.